The zero-order valence-electron chi connectivity index (χ0n) is 10.2. The van der Waals surface area contributed by atoms with Crippen LogP contribution >= 0.6 is 0 Å². The molecule has 2 N–H and O–H groups in total. The van der Waals surface area contributed by atoms with Gasteiger partial charge in [0.2, 0.25) is 0 Å². The van der Waals surface area contributed by atoms with Gasteiger partial charge in [0.25, 0.3) is 0 Å². The van der Waals surface area contributed by atoms with Crippen LogP contribution in [0.4, 0.5) is 0 Å². The predicted molar refractivity (Wildman–Crippen MR) is 73.5 cm³/mol. The van der Waals surface area contributed by atoms with Crippen molar-refractivity contribution in [1.82, 2.24) is 4.98 Å². The van der Waals surface area contributed by atoms with Crippen molar-refractivity contribution in [3.8, 4) is 6.07 Å². The first-order valence-electron chi connectivity index (χ1n) is 6.04. The van der Waals surface area contributed by atoms with Crippen LogP contribution in [0.1, 0.15) is 22.8 Å². The van der Waals surface area contributed by atoms with Crippen molar-refractivity contribution in [3.63, 3.8) is 0 Å². The van der Waals surface area contributed by atoms with Crippen LogP contribution in [-0.2, 0) is 0 Å². The van der Waals surface area contributed by atoms with Gasteiger partial charge in [-0.25, -0.2) is 0 Å². The largest absolute Gasteiger partial charge is 0.384 e. The second kappa shape index (κ2) is 4.60. The molecule has 3 aromatic rings. The normalized spacial score (nSPS) is 12.2. The molecule has 19 heavy (non-hydrogen) atoms. The number of H-pyrrole nitrogens is 1. The minimum atomic E-state index is -0.688. The summed E-state index contributed by atoms with van der Waals surface area (Å²) in [7, 11) is 0. The highest BCUT2D eigenvalue weighted by molar-refractivity contribution is 5.83. The summed E-state index contributed by atoms with van der Waals surface area (Å²) in [6.07, 6.45) is 1.17. The minimum Gasteiger partial charge on any atom is -0.384 e. The van der Waals surface area contributed by atoms with E-state index in [9.17, 15) is 5.11 Å². The summed E-state index contributed by atoms with van der Waals surface area (Å²) >= 11 is 0. The zero-order valence-corrected chi connectivity index (χ0v) is 10.2. The van der Waals surface area contributed by atoms with E-state index in [0.29, 0.717) is 5.56 Å². The molecule has 1 heterocycles. The molecule has 1 atom stereocenters. The SMILES string of the molecule is N#Cc1ccc(C(O)c2cccc3[nH]ccc23)cc1. The quantitative estimate of drug-likeness (QED) is 0.732. The highest BCUT2D eigenvalue weighted by atomic mass is 16.3. The molecular formula is C16H12N2O. The molecule has 0 fully saturated rings. The molecule has 2 aromatic carbocycles. The standard InChI is InChI=1S/C16H12N2O/c17-10-11-4-6-12(7-5-11)16(19)14-2-1-3-15-13(14)8-9-18-15/h1-9,16,18-19H. The fourth-order valence-corrected chi connectivity index (χ4v) is 2.27. The molecule has 0 bridgehead atoms. The summed E-state index contributed by atoms with van der Waals surface area (Å²) in [5.74, 6) is 0. The first kappa shape index (κ1) is 11.5. The van der Waals surface area contributed by atoms with Crippen molar-refractivity contribution < 1.29 is 5.11 Å². The summed E-state index contributed by atoms with van der Waals surface area (Å²) in [4.78, 5) is 3.13. The smallest absolute Gasteiger partial charge is 0.105 e. The number of fused-ring (bicyclic) bond motifs is 1. The Balaban J connectivity index is 2.05. The van der Waals surface area contributed by atoms with Gasteiger partial charge in [-0.1, -0.05) is 24.3 Å². The van der Waals surface area contributed by atoms with E-state index in [2.05, 4.69) is 11.1 Å². The molecular weight excluding hydrogens is 236 g/mol. The van der Waals surface area contributed by atoms with Crippen molar-refractivity contribution in [2.45, 2.75) is 6.10 Å². The average molecular weight is 248 g/mol. The second-order valence-electron chi connectivity index (χ2n) is 4.42. The number of rotatable bonds is 2. The van der Waals surface area contributed by atoms with E-state index < -0.39 is 6.10 Å². The van der Waals surface area contributed by atoms with Crippen LogP contribution in [0.25, 0.3) is 10.9 Å². The van der Waals surface area contributed by atoms with Crippen LogP contribution in [0.15, 0.2) is 54.7 Å². The van der Waals surface area contributed by atoms with Crippen LogP contribution in [0.3, 0.4) is 0 Å². The molecule has 0 spiro atoms. The third kappa shape index (κ3) is 1.99. The average Bonchev–Trinajstić information content (AvgIpc) is 2.95. The highest BCUT2D eigenvalue weighted by Crippen LogP contribution is 2.28. The number of aromatic nitrogens is 1. The molecule has 92 valence electrons. The molecule has 3 rings (SSSR count). The molecule has 3 nitrogen and oxygen atoms in total. The maximum atomic E-state index is 10.5. The number of nitrogens with one attached hydrogen (secondary N) is 1. The van der Waals surface area contributed by atoms with E-state index in [0.717, 1.165) is 22.0 Å². The molecule has 0 saturated carbocycles. The van der Waals surface area contributed by atoms with Gasteiger partial charge in [-0.15, -0.1) is 0 Å². The minimum absolute atomic E-state index is 0.593. The van der Waals surface area contributed by atoms with E-state index in [1.54, 1.807) is 24.3 Å². The van der Waals surface area contributed by atoms with Crippen LogP contribution in [0.5, 0.6) is 0 Å². The topological polar surface area (TPSA) is 59.8 Å². The first-order chi connectivity index (χ1) is 9.29. The third-order valence-electron chi connectivity index (χ3n) is 3.28. The van der Waals surface area contributed by atoms with Gasteiger partial charge in [-0.3, -0.25) is 0 Å². The van der Waals surface area contributed by atoms with E-state index >= 15 is 0 Å². The second-order valence-corrected chi connectivity index (χ2v) is 4.42. The van der Waals surface area contributed by atoms with Crippen LogP contribution in [-0.4, -0.2) is 10.1 Å². The Bertz CT molecular complexity index is 750. The Morgan fingerprint density at radius 2 is 1.84 bits per heavy atom. The van der Waals surface area contributed by atoms with Gasteiger partial charge < -0.3 is 10.1 Å². The number of aliphatic hydroxyl groups is 1. The Morgan fingerprint density at radius 3 is 2.58 bits per heavy atom. The maximum Gasteiger partial charge on any atom is 0.105 e. The lowest BCUT2D eigenvalue weighted by Crippen LogP contribution is -2.00. The number of nitrogens with zero attached hydrogens (tertiary/aromatic N) is 1. The van der Waals surface area contributed by atoms with Crippen LogP contribution in [0, 0.1) is 11.3 Å². The number of aliphatic hydroxyl groups excluding tert-OH is 1. The summed E-state index contributed by atoms with van der Waals surface area (Å²) in [6, 6.07) is 16.8. The lowest BCUT2D eigenvalue weighted by Gasteiger charge is -2.12. The Morgan fingerprint density at radius 1 is 1.05 bits per heavy atom. The summed E-state index contributed by atoms with van der Waals surface area (Å²) in [5.41, 5.74) is 3.25. The van der Waals surface area contributed by atoms with E-state index in [1.165, 1.54) is 0 Å². The monoisotopic (exact) mass is 248 g/mol. The number of aromatic amines is 1. The molecule has 0 amide bonds. The fraction of sp³-hybridized carbons (Fsp3) is 0.0625. The van der Waals surface area contributed by atoms with E-state index in [4.69, 9.17) is 5.26 Å². The third-order valence-corrected chi connectivity index (χ3v) is 3.28. The predicted octanol–water partition coefficient (Wildman–Crippen LogP) is 3.12. The molecule has 0 saturated heterocycles. The van der Waals surface area contributed by atoms with Crippen LogP contribution < -0.4 is 0 Å². The highest BCUT2D eigenvalue weighted by Gasteiger charge is 2.13. The van der Waals surface area contributed by atoms with E-state index in [-0.39, 0.29) is 0 Å². The first-order valence-corrected chi connectivity index (χ1v) is 6.04. The Hall–Kier alpha value is -2.57. The molecule has 1 aromatic heterocycles. The van der Waals surface area contributed by atoms with Crippen molar-refractivity contribution in [2.75, 3.05) is 0 Å². The summed E-state index contributed by atoms with van der Waals surface area (Å²) in [6.45, 7) is 0. The summed E-state index contributed by atoms with van der Waals surface area (Å²) in [5, 5.41) is 20.3. The van der Waals surface area contributed by atoms with Gasteiger partial charge in [-0.05, 0) is 35.4 Å². The van der Waals surface area contributed by atoms with Crippen molar-refractivity contribution >= 4 is 10.9 Å². The molecule has 1 unspecified atom stereocenters. The number of hydrogen-bond donors (Lipinski definition) is 2. The van der Waals surface area contributed by atoms with Gasteiger partial charge in [0, 0.05) is 17.1 Å². The molecule has 3 heteroatoms. The zero-order chi connectivity index (χ0) is 13.2. The van der Waals surface area contributed by atoms with Crippen molar-refractivity contribution in [3.05, 3.63) is 71.4 Å². The maximum absolute atomic E-state index is 10.5. The summed E-state index contributed by atoms with van der Waals surface area (Å²) < 4.78 is 0. The van der Waals surface area contributed by atoms with Gasteiger partial charge in [0.1, 0.15) is 6.10 Å². The van der Waals surface area contributed by atoms with E-state index in [1.807, 2.05) is 30.5 Å². The lowest BCUT2D eigenvalue weighted by atomic mass is 9.98. The van der Waals surface area contributed by atoms with Crippen molar-refractivity contribution in [2.24, 2.45) is 0 Å². The Labute approximate surface area is 110 Å². The number of hydrogen-bond acceptors (Lipinski definition) is 2. The van der Waals surface area contributed by atoms with Gasteiger partial charge in [0.15, 0.2) is 0 Å². The van der Waals surface area contributed by atoms with Gasteiger partial charge in [0.05, 0.1) is 11.6 Å². The lowest BCUT2D eigenvalue weighted by molar-refractivity contribution is 0.222. The van der Waals surface area contributed by atoms with Gasteiger partial charge >= 0.3 is 0 Å². The van der Waals surface area contributed by atoms with Gasteiger partial charge in [-0.2, -0.15) is 5.26 Å². The Kier molecular flexibility index (Phi) is 2.79. The number of benzene rings is 2. The molecule has 0 aliphatic heterocycles. The molecule has 0 aliphatic carbocycles. The molecule has 0 aliphatic rings. The molecule has 0 radical (unpaired) electrons. The van der Waals surface area contributed by atoms with Crippen molar-refractivity contribution in [1.29, 1.82) is 5.26 Å². The number of nitriles is 1. The van der Waals surface area contributed by atoms with Crippen LogP contribution in [0.2, 0.25) is 0 Å². The fourth-order valence-electron chi connectivity index (χ4n) is 2.27.